The number of carbonyl (C=O) groups excluding carboxylic acids is 3. The molecule has 3 amide bonds. The number of aromatic amines is 1. The van der Waals surface area contributed by atoms with Gasteiger partial charge in [-0.3, -0.25) is 19.5 Å². The van der Waals surface area contributed by atoms with Gasteiger partial charge in [-0.1, -0.05) is 49.6 Å². The SMILES string of the molecule is Cc1cc(C(=O)NC2CCCCC2)ccc1-c1ccc(C[C@H](NC(=O)C2CCC(CN)CC2)C(=O)Nc2ccc(-c3n[nH]c(C(F)(F)C(F)(F)CO)n3)cc2)cc1. The molecule has 0 radical (unpaired) electrons. The van der Waals surface area contributed by atoms with Gasteiger partial charge in [0.05, 0.1) is 0 Å². The molecule has 1 atom stereocenters. The zero-order valence-electron chi connectivity index (χ0n) is 31.8. The quantitative estimate of drug-likeness (QED) is 0.0775. The molecule has 0 bridgehead atoms. The molecule has 1 aromatic heterocycles. The number of halogens is 4. The number of aliphatic hydroxyl groups is 1. The highest BCUT2D eigenvalue weighted by atomic mass is 19.3. The Morgan fingerprint density at radius 1 is 0.895 bits per heavy atom. The number of aliphatic hydroxyl groups excluding tert-OH is 1. The van der Waals surface area contributed by atoms with Crippen LogP contribution in [0.3, 0.4) is 0 Å². The second kappa shape index (κ2) is 18.0. The van der Waals surface area contributed by atoms with E-state index >= 15 is 0 Å². The highest BCUT2D eigenvalue weighted by Crippen LogP contribution is 2.41. The lowest BCUT2D eigenvalue weighted by Gasteiger charge is -2.28. The van der Waals surface area contributed by atoms with Crippen molar-refractivity contribution >= 4 is 23.4 Å². The summed E-state index contributed by atoms with van der Waals surface area (Å²) in [5.41, 5.74) is 10.6. The number of aromatic nitrogens is 3. The van der Waals surface area contributed by atoms with Crippen LogP contribution in [0, 0.1) is 18.8 Å². The summed E-state index contributed by atoms with van der Waals surface area (Å²) in [7, 11) is 0. The van der Waals surface area contributed by atoms with Gasteiger partial charge in [-0.05, 0) is 117 Å². The van der Waals surface area contributed by atoms with Gasteiger partial charge < -0.3 is 26.8 Å². The van der Waals surface area contributed by atoms with Crippen molar-refractivity contribution in [2.75, 3.05) is 18.5 Å². The van der Waals surface area contributed by atoms with E-state index in [9.17, 15) is 31.9 Å². The van der Waals surface area contributed by atoms with Gasteiger partial charge in [-0.25, -0.2) is 4.98 Å². The Balaban J connectivity index is 1.14. The molecular formula is C42H49F4N7O4. The number of benzene rings is 3. The molecule has 2 fully saturated rings. The minimum Gasteiger partial charge on any atom is -0.390 e. The maximum absolute atomic E-state index is 14.2. The van der Waals surface area contributed by atoms with Crippen LogP contribution in [-0.4, -0.2) is 69.2 Å². The monoisotopic (exact) mass is 791 g/mol. The molecule has 0 aliphatic heterocycles. The second-order valence-corrected chi connectivity index (χ2v) is 15.3. The van der Waals surface area contributed by atoms with Crippen molar-refractivity contribution in [2.24, 2.45) is 17.6 Å². The average Bonchev–Trinajstić information content (AvgIpc) is 3.73. The number of nitrogens with zero attached hydrogens (tertiary/aromatic N) is 2. The molecule has 0 unspecified atom stereocenters. The fraction of sp³-hybridized carbons (Fsp3) is 0.452. The first-order valence-corrected chi connectivity index (χ1v) is 19.5. The summed E-state index contributed by atoms with van der Waals surface area (Å²) in [5.74, 6) is -11.9. The van der Waals surface area contributed by atoms with Gasteiger partial charge in [-0.15, -0.1) is 0 Å². The van der Waals surface area contributed by atoms with Crippen LogP contribution >= 0.6 is 0 Å². The molecule has 1 heterocycles. The molecule has 2 aliphatic carbocycles. The van der Waals surface area contributed by atoms with Gasteiger partial charge >= 0.3 is 11.8 Å². The first kappa shape index (κ1) is 41.5. The summed E-state index contributed by atoms with van der Waals surface area (Å²) in [4.78, 5) is 43.7. The fourth-order valence-corrected chi connectivity index (χ4v) is 7.60. The van der Waals surface area contributed by atoms with Crippen LogP contribution in [-0.2, 0) is 21.9 Å². The lowest BCUT2D eigenvalue weighted by Crippen LogP contribution is -2.48. The lowest BCUT2D eigenvalue weighted by atomic mass is 9.81. The number of nitrogens with two attached hydrogens (primary N) is 1. The fourth-order valence-electron chi connectivity index (χ4n) is 7.60. The predicted molar refractivity (Wildman–Crippen MR) is 207 cm³/mol. The van der Waals surface area contributed by atoms with E-state index < -0.39 is 36.2 Å². The van der Waals surface area contributed by atoms with Crippen molar-refractivity contribution < 1.29 is 37.1 Å². The van der Waals surface area contributed by atoms with Gasteiger partial charge in [0.25, 0.3) is 5.91 Å². The number of alkyl halides is 4. The van der Waals surface area contributed by atoms with E-state index in [0.717, 1.165) is 60.8 Å². The normalized spacial score (nSPS) is 18.4. The summed E-state index contributed by atoms with van der Waals surface area (Å²) < 4.78 is 55.7. The Kier molecular flexibility index (Phi) is 13.1. The van der Waals surface area contributed by atoms with Crippen molar-refractivity contribution in [1.29, 1.82) is 0 Å². The van der Waals surface area contributed by atoms with Crippen LogP contribution in [0.15, 0.2) is 66.7 Å². The summed E-state index contributed by atoms with van der Waals surface area (Å²) in [6.45, 7) is 0.450. The van der Waals surface area contributed by atoms with E-state index in [1.807, 2.05) is 54.5 Å². The van der Waals surface area contributed by atoms with Crippen molar-refractivity contribution in [3.63, 3.8) is 0 Å². The number of hydrogen-bond donors (Lipinski definition) is 6. The van der Waals surface area contributed by atoms with Crippen molar-refractivity contribution in [3.8, 4) is 22.5 Å². The lowest BCUT2D eigenvalue weighted by molar-refractivity contribution is -0.236. The highest BCUT2D eigenvalue weighted by molar-refractivity contribution is 5.98. The number of anilines is 1. The van der Waals surface area contributed by atoms with Gasteiger partial charge in [0.2, 0.25) is 17.6 Å². The summed E-state index contributed by atoms with van der Waals surface area (Å²) in [6.07, 6.45) is 8.67. The molecule has 11 nitrogen and oxygen atoms in total. The van der Waals surface area contributed by atoms with Crippen molar-refractivity contribution in [2.45, 2.75) is 95.1 Å². The Bertz CT molecular complexity index is 2010. The molecule has 0 saturated heterocycles. The van der Waals surface area contributed by atoms with Crippen LogP contribution in [0.1, 0.15) is 85.1 Å². The van der Waals surface area contributed by atoms with Crippen molar-refractivity contribution in [3.05, 3.63) is 89.2 Å². The molecule has 6 rings (SSSR count). The van der Waals surface area contributed by atoms with Gasteiger partial charge in [-0.2, -0.15) is 22.7 Å². The van der Waals surface area contributed by atoms with Gasteiger partial charge in [0, 0.05) is 35.2 Å². The molecule has 3 aromatic carbocycles. The number of amides is 3. The number of H-pyrrole nitrogens is 1. The van der Waals surface area contributed by atoms with Crippen LogP contribution in [0.25, 0.3) is 22.5 Å². The third kappa shape index (κ3) is 9.88. The van der Waals surface area contributed by atoms with Crippen LogP contribution in [0.4, 0.5) is 23.2 Å². The van der Waals surface area contributed by atoms with E-state index in [2.05, 4.69) is 26.0 Å². The zero-order chi connectivity index (χ0) is 40.7. The summed E-state index contributed by atoms with van der Waals surface area (Å²) in [6, 6.07) is 18.4. The molecule has 7 N–H and O–H groups in total. The molecule has 2 aliphatic rings. The number of nitrogens with one attached hydrogen (secondary N) is 4. The number of rotatable bonds is 14. The minimum absolute atomic E-state index is 0.0674. The Hall–Kier alpha value is -5.15. The Morgan fingerprint density at radius 3 is 2.19 bits per heavy atom. The van der Waals surface area contributed by atoms with Gasteiger partial charge in [0.15, 0.2) is 5.82 Å². The number of carbonyl (C=O) groups is 3. The molecular weight excluding hydrogens is 742 g/mol. The zero-order valence-corrected chi connectivity index (χ0v) is 31.8. The first-order chi connectivity index (χ1) is 27.3. The average molecular weight is 792 g/mol. The largest absolute Gasteiger partial charge is 0.390 e. The first-order valence-electron chi connectivity index (χ1n) is 19.5. The molecule has 57 heavy (non-hydrogen) atoms. The van der Waals surface area contributed by atoms with Gasteiger partial charge in [0.1, 0.15) is 12.6 Å². The van der Waals surface area contributed by atoms with E-state index in [-0.39, 0.29) is 41.6 Å². The minimum atomic E-state index is -4.79. The molecule has 15 heteroatoms. The molecule has 304 valence electrons. The maximum Gasteiger partial charge on any atom is 0.370 e. The second-order valence-electron chi connectivity index (χ2n) is 15.3. The van der Waals surface area contributed by atoms with E-state index in [1.165, 1.54) is 30.7 Å². The van der Waals surface area contributed by atoms with E-state index in [1.54, 1.807) is 0 Å². The molecule has 2 saturated carbocycles. The third-order valence-electron chi connectivity index (χ3n) is 11.2. The number of hydrogen-bond acceptors (Lipinski definition) is 7. The Morgan fingerprint density at radius 2 is 1.56 bits per heavy atom. The maximum atomic E-state index is 14.2. The Labute approximate surface area is 328 Å². The highest BCUT2D eigenvalue weighted by Gasteiger charge is 2.59. The molecule has 0 spiro atoms. The van der Waals surface area contributed by atoms with E-state index in [0.29, 0.717) is 36.6 Å². The van der Waals surface area contributed by atoms with Crippen molar-refractivity contribution in [1.82, 2.24) is 25.8 Å². The predicted octanol–water partition coefficient (Wildman–Crippen LogP) is 6.66. The molecule has 4 aromatic rings. The topological polar surface area (TPSA) is 175 Å². The summed E-state index contributed by atoms with van der Waals surface area (Å²) >= 11 is 0. The third-order valence-corrected chi connectivity index (χ3v) is 11.2. The van der Waals surface area contributed by atoms with Crippen LogP contribution < -0.4 is 21.7 Å². The standard InChI is InChI=1S/C42H49F4N7O4/c1-25-21-31(38(56)48-32-5-3-2-4-6-32)17-20-34(25)28-11-7-26(8-12-28)22-35(50-37(55)30-13-9-27(23-47)10-14-30)39(57)49-33-18-15-29(16-19-33)36-51-40(53-52-36)42(45,46)41(43,44)24-54/h7-8,11-12,15-21,27,30,32,35,54H,2-6,9-10,13-14,22-24,47H2,1H3,(H,48,56)(H,49,57)(H,50,55)(H,51,52,53)/t27?,30?,35-/m0/s1. The van der Waals surface area contributed by atoms with Crippen LogP contribution in [0.5, 0.6) is 0 Å². The van der Waals surface area contributed by atoms with E-state index in [4.69, 9.17) is 10.8 Å². The number of aryl methyl sites for hydroxylation is 1. The summed E-state index contributed by atoms with van der Waals surface area (Å²) in [5, 5.41) is 23.1. The van der Waals surface area contributed by atoms with Crippen LogP contribution in [0.2, 0.25) is 0 Å². The smallest absolute Gasteiger partial charge is 0.370 e.